The van der Waals surface area contributed by atoms with Crippen molar-refractivity contribution in [2.75, 3.05) is 19.6 Å². The van der Waals surface area contributed by atoms with Gasteiger partial charge in [-0.05, 0) is 56.1 Å². The second-order valence-corrected chi connectivity index (χ2v) is 6.87. The molecule has 0 spiro atoms. The van der Waals surface area contributed by atoms with Gasteiger partial charge >= 0.3 is 0 Å². The van der Waals surface area contributed by atoms with Crippen LogP contribution < -0.4 is 16.0 Å². The Labute approximate surface area is 159 Å². The van der Waals surface area contributed by atoms with Crippen LogP contribution in [0.4, 0.5) is 0 Å². The third-order valence-electron chi connectivity index (χ3n) is 4.97. The fraction of sp³-hybridized carbons (Fsp3) is 0.450. The molecule has 2 amide bonds. The highest BCUT2D eigenvalue weighted by molar-refractivity contribution is 5.94. The molecule has 1 aromatic carbocycles. The lowest BCUT2D eigenvalue weighted by Gasteiger charge is -2.36. The lowest BCUT2D eigenvalue weighted by molar-refractivity contribution is -0.132. The Balaban J connectivity index is 1.68. The summed E-state index contributed by atoms with van der Waals surface area (Å²) in [5.41, 5.74) is 0.848. The standard InChI is InChI=1S/C20H27N5O2/c1-2-9-22-18(26)17-6-3-5-16(14-17)15-23-19(27)20(7-11-21-12-8-20)25-13-4-10-24-25/h3-6,10,13-14,21H,2,7-9,11-12,15H2,1H3,(H,22,26)(H,23,27). The number of benzene rings is 1. The summed E-state index contributed by atoms with van der Waals surface area (Å²) in [7, 11) is 0. The predicted octanol–water partition coefficient (Wildman–Crippen LogP) is 1.42. The Bertz CT molecular complexity index is 766. The SMILES string of the molecule is CCCNC(=O)c1cccc(CNC(=O)C2(n3cccn3)CCNCC2)c1. The molecule has 7 heteroatoms. The number of piperidine rings is 1. The number of nitrogens with zero attached hydrogens (tertiary/aromatic N) is 2. The lowest BCUT2D eigenvalue weighted by Crippen LogP contribution is -2.54. The van der Waals surface area contributed by atoms with Crippen molar-refractivity contribution in [3.63, 3.8) is 0 Å². The maximum absolute atomic E-state index is 13.1. The predicted molar refractivity (Wildman–Crippen MR) is 103 cm³/mol. The van der Waals surface area contributed by atoms with Crippen molar-refractivity contribution in [1.29, 1.82) is 0 Å². The van der Waals surface area contributed by atoms with Crippen molar-refractivity contribution >= 4 is 11.8 Å². The number of rotatable bonds is 7. The normalized spacial score (nSPS) is 15.9. The molecule has 0 atom stereocenters. The third-order valence-corrected chi connectivity index (χ3v) is 4.97. The average molecular weight is 369 g/mol. The van der Waals surface area contributed by atoms with Gasteiger partial charge in [-0.2, -0.15) is 5.10 Å². The molecule has 0 bridgehead atoms. The highest BCUT2D eigenvalue weighted by atomic mass is 16.2. The molecule has 3 N–H and O–H groups in total. The topological polar surface area (TPSA) is 88.1 Å². The molecule has 1 aromatic heterocycles. The molecule has 0 saturated carbocycles. The summed E-state index contributed by atoms with van der Waals surface area (Å²) in [4.78, 5) is 25.2. The van der Waals surface area contributed by atoms with Crippen LogP contribution in [0, 0.1) is 0 Å². The summed E-state index contributed by atoms with van der Waals surface area (Å²) >= 11 is 0. The number of amides is 2. The van der Waals surface area contributed by atoms with E-state index in [0.717, 1.165) is 25.1 Å². The van der Waals surface area contributed by atoms with Gasteiger partial charge in [0, 0.05) is 31.0 Å². The van der Waals surface area contributed by atoms with Crippen molar-refractivity contribution < 1.29 is 9.59 Å². The van der Waals surface area contributed by atoms with Gasteiger partial charge in [-0.15, -0.1) is 0 Å². The summed E-state index contributed by atoms with van der Waals surface area (Å²) in [5, 5.41) is 13.6. The van der Waals surface area contributed by atoms with Crippen molar-refractivity contribution in [3.05, 3.63) is 53.9 Å². The molecule has 2 aromatic rings. The summed E-state index contributed by atoms with van der Waals surface area (Å²) in [5.74, 6) is -0.120. The Kier molecular flexibility index (Phi) is 6.24. The van der Waals surface area contributed by atoms with E-state index >= 15 is 0 Å². The number of aromatic nitrogens is 2. The van der Waals surface area contributed by atoms with Crippen molar-refractivity contribution in [1.82, 2.24) is 25.7 Å². The summed E-state index contributed by atoms with van der Waals surface area (Å²) in [6.45, 7) is 4.60. The van der Waals surface area contributed by atoms with E-state index in [1.807, 2.05) is 37.4 Å². The van der Waals surface area contributed by atoms with Crippen molar-refractivity contribution in [2.45, 2.75) is 38.3 Å². The van der Waals surface area contributed by atoms with Gasteiger partial charge in [0.15, 0.2) is 0 Å². The second kappa shape index (κ2) is 8.81. The molecule has 3 rings (SSSR count). The van der Waals surface area contributed by atoms with E-state index in [0.29, 0.717) is 31.5 Å². The smallest absolute Gasteiger partial charge is 0.251 e. The zero-order chi connectivity index (χ0) is 19.1. The number of hydrogen-bond acceptors (Lipinski definition) is 4. The fourth-order valence-electron chi connectivity index (χ4n) is 3.43. The van der Waals surface area contributed by atoms with Crippen LogP contribution >= 0.6 is 0 Å². The largest absolute Gasteiger partial charge is 0.352 e. The quantitative estimate of drug-likeness (QED) is 0.689. The van der Waals surface area contributed by atoms with Crippen LogP contribution in [0.1, 0.15) is 42.1 Å². The fourth-order valence-corrected chi connectivity index (χ4v) is 3.43. The van der Waals surface area contributed by atoms with Crippen LogP contribution in [0.2, 0.25) is 0 Å². The zero-order valence-corrected chi connectivity index (χ0v) is 15.7. The van der Waals surface area contributed by atoms with Gasteiger partial charge < -0.3 is 16.0 Å². The molecular formula is C20H27N5O2. The number of nitrogens with one attached hydrogen (secondary N) is 3. The summed E-state index contributed by atoms with van der Waals surface area (Å²) < 4.78 is 1.78. The highest BCUT2D eigenvalue weighted by Gasteiger charge is 2.41. The molecule has 1 aliphatic rings. The van der Waals surface area contributed by atoms with E-state index in [9.17, 15) is 9.59 Å². The van der Waals surface area contributed by atoms with Crippen LogP contribution in [0.25, 0.3) is 0 Å². The molecule has 0 unspecified atom stereocenters. The molecule has 2 heterocycles. The molecule has 1 aliphatic heterocycles. The Morgan fingerprint density at radius 2 is 2.04 bits per heavy atom. The maximum Gasteiger partial charge on any atom is 0.251 e. The lowest BCUT2D eigenvalue weighted by atomic mass is 9.87. The first kappa shape index (κ1) is 19.1. The van der Waals surface area contributed by atoms with Crippen molar-refractivity contribution in [3.8, 4) is 0 Å². The van der Waals surface area contributed by atoms with Crippen LogP contribution in [0.5, 0.6) is 0 Å². The van der Waals surface area contributed by atoms with Crippen LogP contribution in [0.3, 0.4) is 0 Å². The van der Waals surface area contributed by atoms with Gasteiger partial charge in [0.1, 0.15) is 5.54 Å². The molecule has 1 saturated heterocycles. The first-order chi connectivity index (χ1) is 13.2. The summed E-state index contributed by atoms with van der Waals surface area (Å²) in [6, 6.07) is 9.22. The first-order valence-corrected chi connectivity index (χ1v) is 9.52. The number of carbonyl (C=O) groups excluding carboxylic acids is 2. The molecule has 27 heavy (non-hydrogen) atoms. The Morgan fingerprint density at radius 1 is 1.22 bits per heavy atom. The Morgan fingerprint density at radius 3 is 2.74 bits per heavy atom. The minimum absolute atomic E-state index is 0.0338. The van der Waals surface area contributed by atoms with Crippen molar-refractivity contribution in [2.24, 2.45) is 0 Å². The molecule has 1 fully saturated rings. The van der Waals surface area contributed by atoms with E-state index < -0.39 is 5.54 Å². The Hall–Kier alpha value is -2.67. The monoisotopic (exact) mass is 369 g/mol. The molecule has 0 radical (unpaired) electrons. The zero-order valence-electron chi connectivity index (χ0n) is 15.7. The van der Waals surface area contributed by atoms with Gasteiger partial charge in [-0.1, -0.05) is 19.1 Å². The van der Waals surface area contributed by atoms with Gasteiger partial charge in [-0.25, -0.2) is 0 Å². The first-order valence-electron chi connectivity index (χ1n) is 9.52. The van der Waals surface area contributed by atoms with Gasteiger partial charge in [0.2, 0.25) is 5.91 Å². The van der Waals surface area contributed by atoms with Crippen LogP contribution in [-0.2, 0) is 16.9 Å². The molecule has 144 valence electrons. The third kappa shape index (κ3) is 4.36. The minimum atomic E-state index is -0.662. The van der Waals surface area contributed by atoms with E-state index in [1.54, 1.807) is 16.9 Å². The number of hydrogen-bond donors (Lipinski definition) is 3. The second-order valence-electron chi connectivity index (χ2n) is 6.87. The average Bonchev–Trinajstić information content (AvgIpc) is 3.26. The highest BCUT2D eigenvalue weighted by Crippen LogP contribution is 2.27. The van der Waals surface area contributed by atoms with E-state index in [-0.39, 0.29) is 11.8 Å². The molecule has 7 nitrogen and oxygen atoms in total. The minimum Gasteiger partial charge on any atom is -0.352 e. The van der Waals surface area contributed by atoms with E-state index in [1.165, 1.54) is 0 Å². The maximum atomic E-state index is 13.1. The van der Waals surface area contributed by atoms with Crippen LogP contribution in [0.15, 0.2) is 42.7 Å². The van der Waals surface area contributed by atoms with Crippen LogP contribution in [-0.4, -0.2) is 41.2 Å². The number of carbonyl (C=O) groups is 2. The van der Waals surface area contributed by atoms with E-state index in [4.69, 9.17) is 0 Å². The summed E-state index contributed by atoms with van der Waals surface area (Å²) in [6.07, 6.45) is 5.84. The van der Waals surface area contributed by atoms with Gasteiger partial charge in [0.05, 0.1) is 0 Å². The molecular weight excluding hydrogens is 342 g/mol. The van der Waals surface area contributed by atoms with E-state index in [2.05, 4.69) is 21.0 Å². The van der Waals surface area contributed by atoms with Gasteiger partial charge in [0.25, 0.3) is 5.91 Å². The van der Waals surface area contributed by atoms with Gasteiger partial charge in [-0.3, -0.25) is 14.3 Å². The molecule has 0 aliphatic carbocycles.